The van der Waals surface area contributed by atoms with Crippen molar-refractivity contribution in [1.82, 2.24) is 4.57 Å². The van der Waals surface area contributed by atoms with Gasteiger partial charge in [-0.25, -0.2) is 0 Å². The van der Waals surface area contributed by atoms with Gasteiger partial charge in [0.15, 0.2) is 0 Å². The third kappa shape index (κ3) is 1.34. The smallest absolute Gasteiger partial charge is 0.139 e. The number of hydrogen-bond donors (Lipinski definition) is 1. The van der Waals surface area contributed by atoms with Gasteiger partial charge in [-0.3, -0.25) is 0 Å². The minimum atomic E-state index is 0.201. The molecule has 1 N–H and O–H groups in total. The first-order valence-electron chi connectivity index (χ1n) is 4.18. The molecule has 0 saturated heterocycles. The van der Waals surface area contributed by atoms with Crippen molar-refractivity contribution in [3.05, 3.63) is 48.3 Å². The minimum Gasteiger partial charge on any atom is -0.506 e. The van der Waals surface area contributed by atoms with Crippen molar-refractivity contribution in [2.75, 3.05) is 0 Å². The van der Waals surface area contributed by atoms with Gasteiger partial charge in [0.05, 0.1) is 11.3 Å². The summed E-state index contributed by atoms with van der Waals surface area (Å²) in [5.41, 5.74) is 1.25. The molecule has 14 heavy (non-hydrogen) atoms. The number of para-hydroxylation sites is 2. The minimum absolute atomic E-state index is 0.201. The zero-order valence-corrected chi connectivity index (χ0v) is 7.38. The highest BCUT2D eigenvalue weighted by Crippen LogP contribution is 2.20. The van der Waals surface area contributed by atoms with E-state index in [0.29, 0.717) is 11.3 Å². The standard InChI is InChI=1S/C11H8N2O/c12-7-9-5-6-13(8-9)10-3-1-2-4-11(10)14/h1-6,8,14H. The number of benzene rings is 1. The van der Waals surface area contributed by atoms with Crippen molar-refractivity contribution in [1.29, 1.82) is 5.26 Å². The lowest BCUT2D eigenvalue weighted by Crippen LogP contribution is -1.89. The Balaban J connectivity index is 2.51. The monoisotopic (exact) mass is 184 g/mol. The van der Waals surface area contributed by atoms with Crippen molar-refractivity contribution in [2.24, 2.45) is 0 Å². The Morgan fingerprint density at radius 1 is 1.21 bits per heavy atom. The van der Waals surface area contributed by atoms with Crippen LogP contribution in [0.15, 0.2) is 42.7 Å². The van der Waals surface area contributed by atoms with Crippen molar-refractivity contribution in [2.45, 2.75) is 0 Å². The Kier molecular flexibility index (Phi) is 1.96. The van der Waals surface area contributed by atoms with Gasteiger partial charge in [0.1, 0.15) is 11.8 Å². The van der Waals surface area contributed by atoms with E-state index < -0.39 is 0 Å². The first-order valence-corrected chi connectivity index (χ1v) is 4.18. The van der Waals surface area contributed by atoms with Crippen LogP contribution >= 0.6 is 0 Å². The van der Waals surface area contributed by atoms with Crippen LogP contribution in [-0.2, 0) is 0 Å². The second kappa shape index (κ2) is 3.27. The lowest BCUT2D eigenvalue weighted by Gasteiger charge is -2.03. The lowest BCUT2D eigenvalue weighted by atomic mass is 10.3. The average Bonchev–Trinajstić information content (AvgIpc) is 2.67. The number of aromatic nitrogens is 1. The lowest BCUT2D eigenvalue weighted by molar-refractivity contribution is 0.472. The molecule has 0 atom stereocenters. The van der Waals surface area contributed by atoms with Crippen LogP contribution in [0.4, 0.5) is 0 Å². The molecule has 3 nitrogen and oxygen atoms in total. The van der Waals surface area contributed by atoms with Gasteiger partial charge < -0.3 is 9.67 Å². The summed E-state index contributed by atoms with van der Waals surface area (Å²) in [6.45, 7) is 0. The van der Waals surface area contributed by atoms with Crippen LogP contribution in [0, 0.1) is 11.3 Å². The molecule has 68 valence electrons. The third-order valence-electron chi connectivity index (χ3n) is 1.98. The molecular formula is C11H8N2O. The van der Waals surface area contributed by atoms with Crippen LogP contribution in [0.3, 0.4) is 0 Å². The molecule has 0 unspecified atom stereocenters. The van der Waals surface area contributed by atoms with E-state index in [1.54, 1.807) is 41.2 Å². The van der Waals surface area contributed by atoms with E-state index in [2.05, 4.69) is 0 Å². The second-order valence-electron chi connectivity index (χ2n) is 2.91. The number of nitrogens with zero attached hydrogens (tertiary/aromatic N) is 2. The Morgan fingerprint density at radius 3 is 2.64 bits per heavy atom. The van der Waals surface area contributed by atoms with Crippen LogP contribution in [0.25, 0.3) is 5.69 Å². The SMILES string of the molecule is N#Cc1ccn(-c2ccccc2O)c1. The number of phenols is 1. The van der Waals surface area contributed by atoms with Crippen LogP contribution in [-0.4, -0.2) is 9.67 Å². The van der Waals surface area contributed by atoms with Gasteiger partial charge in [0.2, 0.25) is 0 Å². The number of aromatic hydroxyl groups is 1. The van der Waals surface area contributed by atoms with Crippen molar-refractivity contribution >= 4 is 0 Å². The maximum Gasteiger partial charge on any atom is 0.139 e. The van der Waals surface area contributed by atoms with Gasteiger partial charge in [-0.15, -0.1) is 0 Å². The molecular weight excluding hydrogens is 176 g/mol. The molecule has 0 bridgehead atoms. The fourth-order valence-electron chi connectivity index (χ4n) is 1.29. The van der Waals surface area contributed by atoms with E-state index in [1.807, 2.05) is 12.1 Å². The molecule has 0 aliphatic rings. The summed E-state index contributed by atoms with van der Waals surface area (Å²) in [6.07, 6.45) is 3.42. The summed E-state index contributed by atoms with van der Waals surface area (Å²) in [5, 5.41) is 18.2. The third-order valence-corrected chi connectivity index (χ3v) is 1.98. The fourth-order valence-corrected chi connectivity index (χ4v) is 1.29. The molecule has 2 aromatic rings. The molecule has 0 radical (unpaired) electrons. The van der Waals surface area contributed by atoms with E-state index >= 15 is 0 Å². The molecule has 0 aliphatic heterocycles. The number of hydrogen-bond acceptors (Lipinski definition) is 2. The predicted octanol–water partition coefficient (Wildman–Crippen LogP) is 2.05. The summed E-state index contributed by atoms with van der Waals surface area (Å²) in [5.74, 6) is 0.201. The zero-order chi connectivity index (χ0) is 9.97. The van der Waals surface area contributed by atoms with Crippen molar-refractivity contribution in [3.63, 3.8) is 0 Å². The molecule has 1 aromatic carbocycles. The number of nitriles is 1. The summed E-state index contributed by atoms with van der Waals surface area (Å²) in [7, 11) is 0. The van der Waals surface area contributed by atoms with E-state index in [9.17, 15) is 5.11 Å². The second-order valence-corrected chi connectivity index (χ2v) is 2.91. The quantitative estimate of drug-likeness (QED) is 0.737. The Labute approximate surface area is 81.5 Å². The highest BCUT2D eigenvalue weighted by molar-refractivity contribution is 5.47. The molecule has 1 heterocycles. The molecule has 0 saturated carbocycles. The van der Waals surface area contributed by atoms with Gasteiger partial charge in [0.25, 0.3) is 0 Å². The molecule has 0 aliphatic carbocycles. The summed E-state index contributed by atoms with van der Waals surface area (Å²) in [4.78, 5) is 0. The van der Waals surface area contributed by atoms with Gasteiger partial charge in [-0.1, -0.05) is 12.1 Å². The predicted molar refractivity (Wildman–Crippen MR) is 52.1 cm³/mol. The normalized spacial score (nSPS) is 9.64. The van der Waals surface area contributed by atoms with Gasteiger partial charge >= 0.3 is 0 Å². The zero-order valence-electron chi connectivity index (χ0n) is 7.38. The van der Waals surface area contributed by atoms with Crippen LogP contribution in [0.2, 0.25) is 0 Å². The van der Waals surface area contributed by atoms with Gasteiger partial charge in [-0.05, 0) is 18.2 Å². The molecule has 3 heteroatoms. The summed E-state index contributed by atoms with van der Waals surface area (Å²) in [6, 6.07) is 10.7. The van der Waals surface area contributed by atoms with E-state index in [1.165, 1.54) is 0 Å². The Morgan fingerprint density at radius 2 is 2.00 bits per heavy atom. The first-order chi connectivity index (χ1) is 6.81. The van der Waals surface area contributed by atoms with E-state index in [-0.39, 0.29) is 5.75 Å². The summed E-state index contributed by atoms with van der Waals surface area (Å²) < 4.78 is 1.72. The Hall–Kier alpha value is -2.21. The average molecular weight is 184 g/mol. The maximum atomic E-state index is 9.54. The molecule has 1 aromatic heterocycles. The summed E-state index contributed by atoms with van der Waals surface area (Å²) >= 11 is 0. The Bertz CT molecular complexity index is 494. The van der Waals surface area contributed by atoms with Crippen molar-refractivity contribution < 1.29 is 5.11 Å². The maximum absolute atomic E-state index is 9.54. The number of rotatable bonds is 1. The molecule has 0 spiro atoms. The largest absolute Gasteiger partial charge is 0.506 e. The van der Waals surface area contributed by atoms with Crippen LogP contribution in [0.1, 0.15) is 5.56 Å². The highest BCUT2D eigenvalue weighted by Gasteiger charge is 2.02. The molecule has 0 amide bonds. The van der Waals surface area contributed by atoms with E-state index in [4.69, 9.17) is 5.26 Å². The van der Waals surface area contributed by atoms with Gasteiger partial charge in [-0.2, -0.15) is 5.26 Å². The van der Waals surface area contributed by atoms with Crippen LogP contribution < -0.4 is 0 Å². The van der Waals surface area contributed by atoms with Gasteiger partial charge in [0, 0.05) is 12.4 Å². The molecule has 2 rings (SSSR count). The van der Waals surface area contributed by atoms with E-state index in [0.717, 1.165) is 0 Å². The topological polar surface area (TPSA) is 49.0 Å². The van der Waals surface area contributed by atoms with Crippen LogP contribution in [0.5, 0.6) is 5.75 Å². The highest BCUT2D eigenvalue weighted by atomic mass is 16.3. The molecule has 0 fully saturated rings. The fraction of sp³-hybridized carbons (Fsp3) is 0. The first kappa shape index (κ1) is 8.39. The van der Waals surface area contributed by atoms with Crippen molar-refractivity contribution in [3.8, 4) is 17.5 Å². The number of phenolic OH excluding ortho intramolecular Hbond substituents is 1.